The predicted octanol–water partition coefficient (Wildman–Crippen LogP) is 3.40. The standard InChI is InChI=1S/C14H8ClNO/c15-11-6-3-7-12-14(11)10-5-2-1-4-9(10)8-13(17)16-12/h1-8H. The summed E-state index contributed by atoms with van der Waals surface area (Å²) in [7, 11) is 0. The third kappa shape index (κ3) is 1.67. The molecule has 2 aromatic carbocycles. The van der Waals surface area contributed by atoms with Gasteiger partial charge in [0.15, 0.2) is 0 Å². The molecule has 0 fully saturated rings. The van der Waals surface area contributed by atoms with Gasteiger partial charge in [0.1, 0.15) is 0 Å². The number of hydrogen-bond donors (Lipinski definition) is 0. The quantitative estimate of drug-likeness (QED) is 0.604. The van der Waals surface area contributed by atoms with Crippen molar-refractivity contribution >= 4 is 33.3 Å². The number of benzene rings is 2. The van der Waals surface area contributed by atoms with Crippen LogP contribution in [0.3, 0.4) is 0 Å². The average Bonchev–Trinajstić information content (AvgIpc) is 2.44. The normalized spacial score (nSPS) is 10.9. The molecule has 0 bridgehead atoms. The van der Waals surface area contributed by atoms with Gasteiger partial charge in [0.05, 0.1) is 10.5 Å². The highest BCUT2D eigenvalue weighted by Gasteiger charge is 2.04. The maximum Gasteiger partial charge on any atom is 0.270 e. The van der Waals surface area contributed by atoms with Crippen molar-refractivity contribution in [3.63, 3.8) is 0 Å². The molecule has 0 atom stereocenters. The van der Waals surface area contributed by atoms with Crippen molar-refractivity contribution < 1.29 is 0 Å². The van der Waals surface area contributed by atoms with Gasteiger partial charge < -0.3 is 0 Å². The Labute approximate surface area is 102 Å². The molecule has 1 aromatic heterocycles. The van der Waals surface area contributed by atoms with Crippen molar-refractivity contribution in [3.8, 4) is 0 Å². The van der Waals surface area contributed by atoms with Crippen molar-refractivity contribution in [3.05, 3.63) is 63.9 Å². The first-order valence-electron chi connectivity index (χ1n) is 5.24. The molecule has 0 amide bonds. The van der Waals surface area contributed by atoms with Crippen LogP contribution in [0.1, 0.15) is 0 Å². The van der Waals surface area contributed by atoms with Crippen LogP contribution in [0.2, 0.25) is 5.02 Å². The van der Waals surface area contributed by atoms with E-state index in [1.165, 1.54) is 6.07 Å². The average molecular weight is 242 g/mol. The van der Waals surface area contributed by atoms with Gasteiger partial charge in [0.25, 0.3) is 5.56 Å². The molecule has 0 aliphatic heterocycles. The number of aromatic nitrogens is 1. The summed E-state index contributed by atoms with van der Waals surface area (Å²) in [6.07, 6.45) is 0. The second-order valence-electron chi connectivity index (χ2n) is 3.82. The van der Waals surface area contributed by atoms with Gasteiger partial charge in [0.2, 0.25) is 0 Å². The van der Waals surface area contributed by atoms with Crippen LogP contribution < -0.4 is 5.56 Å². The minimum absolute atomic E-state index is 0.251. The predicted molar refractivity (Wildman–Crippen MR) is 70.5 cm³/mol. The van der Waals surface area contributed by atoms with E-state index < -0.39 is 0 Å². The Hall–Kier alpha value is -1.93. The highest BCUT2D eigenvalue weighted by molar-refractivity contribution is 6.37. The van der Waals surface area contributed by atoms with E-state index in [1.807, 2.05) is 30.3 Å². The molecule has 3 heteroatoms. The van der Waals surface area contributed by atoms with Crippen LogP contribution >= 0.6 is 11.6 Å². The maximum atomic E-state index is 11.7. The summed E-state index contributed by atoms with van der Waals surface area (Å²) in [5.41, 5.74) is 0.377. The van der Waals surface area contributed by atoms with Gasteiger partial charge in [-0.2, -0.15) is 0 Å². The molecule has 17 heavy (non-hydrogen) atoms. The molecular weight excluding hydrogens is 234 g/mol. The Morgan fingerprint density at radius 2 is 1.82 bits per heavy atom. The van der Waals surface area contributed by atoms with E-state index in [1.54, 1.807) is 12.1 Å². The fourth-order valence-corrected chi connectivity index (χ4v) is 2.28. The Morgan fingerprint density at radius 3 is 2.71 bits per heavy atom. The SMILES string of the molecule is O=c1cc2ccccc2c2c(Cl)cccc2n1. The first-order valence-corrected chi connectivity index (χ1v) is 5.62. The van der Waals surface area contributed by atoms with Crippen molar-refractivity contribution in [1.29, 1.82) is 0 Å². The van der Waals surface area contributed by atoms with Gasteiger partial charge in [-0.25, -0.2) is 4.98 Å². The van der Waals surface area contributed by atoms with E-state index in [4.69, 9.17) is 11.6 Å². The lowest BCUT2D eigenvalue weighted by atomic mass is 10.1. The molecule has 3 rings (SSSR count). The van der Waals surface area contributed by atoms with Gasteiger partial charge in [-0.05, 0) is 22.9 Å². The van der Waals surface area contributed by atoms with Crippen LogP contribution in [-0.2, 0) is 0 Å². The number of fused-ring (bicyclic) bond motifs is 3. The maximum absolute atomic E-state index is 11.7. The van der Waals surface area contributed by atoms with Gasteiger partial charge in [-0.1, -0.05) is 41.9 Å². The summed E-state index contributed by atoms with van der Waals surface area (Å²) >= 11 is 6.20. The molecule has 0 saturated carbocycles. The summed E-state index contributed by atoms with van der Waals surface area (Å²) in [5.74, 6) is 0. The number of hydrogen-bond acceptors (Lipinski definition) is 2. The zero-order valence-corrected chi connectivity index (χ0v) is 9.61. The van der Waals surface area contributed by atoms with E-state index in [9.17, 15) is 4.79 Å². The topological polar surface area (TPSA) is 30.0 Å². The summed E-state index contributed by atoms with van der Waals surface area (Å²) in [6, 6.07) is 14.6. The molecule has 0 unspecified atom stereocenters. The Morgan fingerprint density at radius 1 is 1.00 bits per heavy atom. The van der Waals surface area contributed by atoms with Crippen LogP contribution in [0, 0.1) is 0 Å². The lowest BCUT2D eigenvalue weighted by Gasteiger charge is -1.98. The molecular formula is C14H8ClNO. The van der Waals surface area contributed by atoms with Crippen LogP contribution in [0.15, 0.2) is 53.3 Å². The molecule has 0 spiro atoms. The molecule has 0 saturated heterocycles. The van der Waals surface area contributed by atoms with Crippen LogP contribution in [0.25, 0.3) is 21.7 Å². The van der Waals surface area contributed by atoms with E-state index in [2.05, 4.69) is 4.98 Å². The molecule has 2 nitrogen and oxygen atoms in total. The van der Waals surface area contributed by atoms with Crippen molar-refractivity contribution in [1.82, 2.24) is 4.98 Å². The highest BCUT2D eigenvalue weighted by atomic mass is 35.5. The fourth-order valence-electron chi connectivity index (χ4n) is 2.01. The first-order chi connectivity index (χ1) is 8.25. The van der Waals surface area contributed by atoms with Gasteiger partial charge in [-0.3, -0.25) is 4.79 Å². The summed E-state index contributed by atoms with van der Waals surface area (Å²) in [4.78, 5) is 15.7. The smallest absolute Gasteiger partial charge is 0.267 e. The van der Waals surface area contributed by atoms with E-state index in [0.29, 0.717) is 10.5 Å². The Balaban J connectivity index is 2.75. The minimum Gasteiger partial charge on any atom is -0.267 e. The van der Waals surface area contributed by atoms with Crippen molar-refractivity contribution in [2.75, 3.05) is 0 Å². The van der Waals surface area contributed by atoms with Gasteiger partial charge in [0, 0.05) is 11.5 Å². The van der Waals surface area contributed by atoms with Crippen LogP contribution in [0.4, 0.5) is 0 Å². The Kier molecular flexibility index (Phi) is 2.30. The summed E-state index contributed by atoms with van der Waals surface area (Å²) < 4.78 is 0. The second kappa shape index (κ2) is 3.82. The monoisotopic (exact) mass is 241 g/mol. The molecule has 1 heterocycles. The molecule has 82 valence electrons. The highest BCUT2D eigenvalue weighted by Crippen LogP contribution is 2.27. The van der Waals surface area contributed by atoms with Crippen molar-refractivity contribution in [2.45, 2.75) is 0 Å². The molecule has 0 N–H and O–H groups in total. The molecule has 0 aliphatic rings. The molecule has 0 radical (unpaired) electrons. The fraction of sp³-hybridized carbons (Fsp3) is 0. The first kappa shape index (κ1) is 10.2. The third-order valence-electron chi connectivity index (χ3n) is 2.73. The number of rotatable bonds is 0. The molecule has 0 aliphatic carbocycles. The summed E-state index contributed by atoms with van der Waals surface area (Å²) in [6.45, 7) is 0. The number of nitrogens with zero attached hydrogens (tertiary/aromatic N) is 1. The second-order valence-corrected chi connectivity index (χ2v) is 4.22. The van der Waals surface area contributed by atoms with Gasteiger partial charge >= 0.3 is 0 Å². The van der Waals surface area contributed by atoms with Crippen LogP contribution in [0.5, 0.6) is 0 Å². The zero-order valence-electron chi connectivity index (χ0n) is 8.85. The van der Waals surface area contributed by atoms with Gasteiger partial charge in [-0.15, -0.1) is 0 Å². The lowest BCUT2D eigenvalue weighted by Crippen LogP contribution is -1.98. The largest absolute Gasteiger partial charge is 0.270 e. The summed E-state index contributed by atoms with van der Waals surface area (Å²) in [5, 5.41) is 3.24. The third-order valence-corrected chi connectivity index (χ3v) is 3.05. The van der Waals surface area contributed by atoms with E-state index in [-0.39, 0.29) is 5.56 Å². The van der Waals surface area contributed by atoms with E-state index in [0.717, 1.165) is 16.2 Å². The van der Waals surface area contributed by atoms with Crippen LogP contribution in [-0.4, -0.2) is 4.98 Å². The zero-order chi connectivity index (χ0) is 11.8. The Bertz CT molecular complexity index is 783. The molecule has 3 aromatic rings. The minimum atomic E-state index is -0.251. The van der Waals surface area contributed by atoms with Crippen molar-refractivity contribution in [2.24, 2.45) is 0 Å². The number of halogens is 1. The lowest BCUT2D eigenvalue weighted by molar-refractivity contribution is 1.33. The van der Waals surface area contributed by atoms with E-state index >= 15 is 0 Å².